The first-order chi connectivity index (χ1) is 18.1. The van der Waals surface area contributed by atoms with E-state index in [0.29, 0.717) is 25.8 Å². The molecule has 2 aromatic heterocycles. The minimum Gasteiger partial charge on any atom is -0.453 e. The van der Waals surface area contributed by atoms with Crippen LogP contribution in [0.1, 0.15) is 35.4 Å². The van der Waals surface area contributed by atoms with Gasteiger partial charge in [-0.1, -0.05) is 54.6 Å². The zero-order chi connectivity index (χ0) is 25.6. The van der Waals surface area contributed by atoms with Crippen LogP contribution in [0.3, 0.4) is 0 Å². The summed E-state index contributed by atoms with van der Waals surface area (Å²) in [5.41, 5.74) is 6.50. The Morgan fingerprint density at radius 1 is 0.838 bits per heavy atom. The fourth-order valence-electron chi connectivity index (χ4n) is 4.92. The van der Waals surface area contributed by atoms with E-state index in [4.69, 9.17) is 0 Å². The quantitative estimate of drug-likeness (QED) is 0.186. The highest BCUT2D eigenvalue weighted by Gasteiger charge is 2.23. The number of para-hydroxylation sites is 3. The number of benzene rings is 3. The second-order valence-corrected chi connectivity index (χ2v) is 9.06. The minimum absolute atomic E-state index is 0.0645. The van der Waals surface area contributed by atoms with Crippen molar-refractivity contribution in [3.05, 3.63) is 102 Å². The van der Waals surface area contributed by atoms with Crippen LogP contribution in [-0.4, -0.2) is 35.6 Å². The highest BCUT2D eigenvalue weighted by molar-refractivity contribution is 5.92. The maximum atomic E-state index is 12.7. The van der Waals surface area contributed by atoms with Crippen LogP contribution in [0.15, 0.2) is 85.2 Å². The molecule has 5 rings (SSSR count). The maximum absolute atomic E-state index is 12.7. The number of hydrogen-bond donors (Lipinski definition) is 4. The molecule has 37 heavy (non-hydrogen) atoms. The molecule has 7 heteroatoms. The summed E-state index contributed by atoms with van der Waals surface area (Å²) in [6.07, 6.45) is 5.25. The lowest BCUT2D eigenvalue weighted by Gasteiger charge is -2.19. The zero-order valence-electron chi connectivity index (χ0n) is 20.7. The lowest BCUT2D eigenvalue weighted by atomic mass is 9.85. The SMILES string of the molecule is COC(=O)NCCCC(=O)Nc1ccccc1CC(c1c[nH]c2ccccc12)c1c[nH]c2ccccc12. The van der Waals surface area contributed by atoms with E-state index < -0.39 is 6.09 Å². The van der Waals surface area contributed by atoms with E-state index in [-0.39, 0.29) is 11.8 Å². The van der Waals surface area contributed by atoms with Gasteiger partial charge in [0.1, 0.15) is 0 Å². The number of carbonyl (C=O) groups is 2. The molecule has 5 aromatic rings. The van der Waals surface area contributed by atoms with E-state index in [9.17, 15) is 9.59 Å². The molecule has 2 amide bonds. The number of ether oxygens (including phenoxy) is 1. The Labute approximate surface area is 215 Å². The first kappa shape index (κ1) is 24.2. The normalized spacial score (nSPS) is 11.2. The van der Waals surface area contributed by atoms with Gasteiger partial charge in [0.25, 0.3) is 0 Å². The molecule has 7 nitrogen and oxygen atoms in total. The predicted octanol–water partition coefficient (Wildman–Crippen LogP) is 6.10. The van der Waals surface area contributed by atoms with E-state index in [1.54, 1.807) is 0 Å². The molecule has 0 fully saturated rings. The standard InChI is InChI=1S/C30H30N4O3/c1-37-30(36)31-16-8-15-29(35)34-26-12-5-2-9-20(26)17-23(24-18-32-27-13-6-3-10-21(24)27)25-19-33-28-14-7-4-11-22(25)28/h2-7,9-14,18-19,23,32-33H,8,15-17H2,1H3,(H,31,36)(H,34,35). The van der Waals surface area contributed by atoms with Crippen molar-refractivity contribution in [3.8, 4) is 0 Å². The van der Waals surface area contributed by atoms with Crippen molar-refractivity contribution in [1.29, 1.82) is 0 Å². The third kappa shape index (κ3) is 5.35. The van der Waals surface area contributed by atoms with Gasteiger partial charge < -0.3 is 25.3 Å². The van der Waals surface area contributed by atoms with Crippen molar-refractivity contribution in [2.75, 3.05) is 19.0 Å². The molecule has 0 saturated carbocycles. The Kier molecular flexibility index (Phi) is 7.21. The first-order valence-electron chi connectivity index (χ1n) is 12.5. The molecule has 0 radical (unpaired) electrons. The van der Waals surface area contributed by atoms with Gasteiger partial charge in [-0.15, -0.1) is 0 Å². The number of H-pyrrole nitrogens is 2. The zero-order valence-corrected chi connectivity index (χ0v) is 20.7. The molecule has 0 atom stereocenters. The van der Waals surface area contributed by atoms with Crippen molar-refractivity contribution in [2.45, 2.75) is 25.2 Å². The number of fused-ring (bicyclic) bond motifs is 2. The van der Waals surface area contributed by atoms with Gasteiger partial charge in [-0.25, -0.2) is 4.79 Å². The number of rotatable bonds is 9. The predicted molar refractivity (Wildman–Crippen MR) is 147 cm³/mol. The van der Waals surface area contributed by atoms with E-state index in [0.717, 1.165) is 22.3 Å². The Bertz CT molecular complexity index is 1460. The van der Waals surface area contributed by atoms with Gasteiger partial charge >= 0.3 is 6.09 Å². The molecule has 0 unspecified atom stereocenters. The number of carbonyl (C=O) groups excluding carboxylic acids is 2. The summed E-state index contributed by atoms with van der Waals surface area (Å²) >= 11 is 0. The maximum Gasteiger partial charge on any atom is 0.406 e. The summed E-state index contributed by atoms with van der Waals surface area (Å²) in [6, 6.07) is 24.7. The number of aromatic amines is 2. The third-order valence-corrected chi connectivity index (χ3v) is 6.74. The van der Waals surface area contributed by atoms with Crippen molar-refractivity contribution < 1.29 is 14.3 Å². The molecule has 0 aliphatic rings. The highest BCUT2D eigenvalue weighted by atomic mass is 16.5. The lowest BCUT2D eigenvalue weighted by Crippen LogP contribution is -2.25. The molecular formula is C30H30N4O3. The largest absolute Gasteiger partial charge is 0.453 e. The molecule has 0 bridgehead atoms. The highest BCUT2D eigenvalue weighted by Crippen LogP contribution is 2.38. The van der Waals surface area contributed by atoms with Gasteiger partial charge in [-0.05, 0) is 47.7 Å². The second-order valence-electron chi connectivity index (χ2n) is 9.06. The van der Waals surface area contributed by atoms with E-state index in [1.807, 2.05) is 30.3 Å². The second kappa shape index (κ2) is 11.0. The van der Waals surface area contributed by atoms with Gasteiger partial charge in [0.15, 0.2) is 0 Å². The molecule has 0 saturated heterocycles. The third-order valence-electron chi connectivity index (χ3n) is 6.74. The Morgan fingerprint density at radius 2 is 1.43 bits per heavy atom. The van der Waals surface area contributed by atoms with Crippen LogP contribution < -0.4 is 10.6 Å². The lowest BCUT2D eigenvalue weighted by molar-refractivity contribution is -0.116. The smallest absolute Gasteiger partial charge is 0.406 e. The number of amides is 2. The molecule has 2 heterocycles. The number of aromatic nitrogens is 2. The summed E-state index contributed by atoms with van der Waals surface area (Å²) in [5, 5.41) is 8.07. The molecule has 3 aromatic carbocycles. The summed E-state index contributed by atoms with van der Waals surface area (Å²) in [6.45, 7) is 0.380. The van der Waals surface area contributed by atoms with Crippen LogP contribution in [0.25, 0.3) is 21.8 Å². The molecule has 0 spiro atoms. The van der Waals surface area contributed by atoms with Crippen LogP contribution in [0.4, 0.5) is 10.5 Å². The van der Waals surface area contributed by atoms with Crippen molar-refractivity contribution in [2.24, 2.45) is 0 Å². The molecule has 4 N–H and O–H groups in total. The van der Waals surface area contributed by atoms with Gasteiger partial charge in [0.2, 0.25) is 5.91 Å². The number of anilines is 1. The van der Waals surface area contributed by atoms with Gasteiger partial charge in [0.05, 0.1) is 7.11 Å². The average Bonchev–Trinajstić information content (AvgIpc) is 3.55. The molecular weight excluding hydrogens is 464 g/mol. The van der Waals surface area contributed by atoms with E-state index in [2.05, 4.69) is 80.2 Å². The number of alkyl carbamates (subject to hydrolysis) is 1. The van der Waals surface area contributed by atoms with Crippen LogP contribution in [-0.2, 0) is 16.0 Å². The van der Waals surface area contributed by atoms with Gasteiger partial charge in [-0.3, -0.25) is 4.79 Å². The summed E-state index contributed by atoms with van der Waals surface area (Å²) in [5.74, 6) is -0.0236. The molecule has 188 valence electrons. The van der Waals surface area contributed by atoms with Crippen molar-refractivity contribution >= 4 is 39.5 Å². The Morgan fingerprint density at radius 3 is 2.08 bits per heavy atom. The summed E-state index contributed by atoms with van der Waals surface area (Å²) in [7, 11) is 1.32. The van der Waals surface area contributed by atoms with Crippen LogP contribution in [0, 0.1) is 0 Å². The topological polar surface area (TPSA) is 99.0 Å². The van der Waals surface area contributed by atoms with Gasteiger partial charge in [-0.2, -0.15) is 0 Å². The first-order valence-corrected chi connectivity index (χ1v) is 12.5. The number of methoxy groups -OCH3 is 1. The monoisotopic (exact) mass is 494 g/mol. The van der Waals surface area contributed by atoms with Gasteiger partial charge in [0, 0.05) is 58.8 Å². The van der Waals surface area contributed by atoms with Crippen LogP contribution in [0.2, 0.25) is 0 Å². The van der Waals surface area contributed by atoms with Crippen molar-refractivity contribution in [3.63, 3.8) is 0 Å². The van der Waals surface area contributed by atoms with Crippen LogP contribution >= 0.6 is 0 Å². The molecule has 0 aliphatic heterocycles. The molecule has 0 aliphatic carbocycles. The minimum atomic E-state index is -0.494. The van der Waals surface area contributed by atoms with Crippen molar-refractivity contribution in [1.82, 2.24) is 15.3 Å². The van der Waals surface area contributed by atoms with Crippen LogP contribution in [0.5, 0.6) is 0 Å². The number of hydrogen-bond acceptors (Lipinski definition) is 3. The fourth-order valence-corrected chi connectivity index (χ4v) is 4.92. The fraction of sp³-hybridized carbons (Fsp3) is 0.200. The average molecular weight is 495 g/mol. The van der Waals surface area contributed by atoms with E-state index >= 15 is 0 Å². The summed E-state index contributed by atoms with van der Waals surface area (Å²) < 4.78 is 4.57. The van der Waals surface area contributed by atoms with E-state index in [1.165, 1.54) is 29.0 Å². The Balaban J connectivity index is 1.43. The summed E-state index contributed by atoms with van der Waals surface area (Å²) in [4.78, 5) is 30.8. The number of nitrogens with one attached hydrogen (secondary N) is 4. The Hall–Kier alpha value is -4.52.